The highest BCUT2D eigenvalue weighted by Gasteiger charge is 2.69. The van der Waals surface area contributed by atoms with Crippen LogP contribution >= 0.6 is 0 Å². The summed E-state index contributed by atoms with van der Waals surface area (Å²) in [5.74, 6) is -1.18. The molecule has 2 heterocycles. The number of esters is 2. The molecule has 5 nitrogen and oxygen atoms in total. The molecule has 2 bridgehead atoms. The summed E-state index contributed by atoms with van der Waals surface area (Å²) in [5, 5.41) is 0. The molecule has 2 aliphatic heterocycles. The van der Waals surface area contributed by atoms with Crippen molar-refractivity contribution in [1.29, 1.82) is 0 Å². The molecule has 0 saturated carbocycles. The van der Waals surface area contributed by atoms with Crippen LogP contribution in [-0.4, -0.2) is 31.8 Å². The number of hydrogen-bond donors (Lipinski definition) is 0. The van der Waals surface area contributed by atoms with Crippen molar-refractivity contribution in [3.8, 4) is 0 Å². The Labute approximate surface area is 123 Å². The minimum atomic E-state index is -1.42. The standard InChI is InChI=1S/C16H18O5/c1-15-8-10-6-4-5-7-11(10)12(21-15)9-16(15,13(17)19-2)14(18)20-3/h4-7,12H,8-9H2,1-3H3. The Hall–Kier alpha value is -1.88. The van der Waals surface area contributed by atoms with E-state index in [9.17, 15) is 9.59 Å². The highest BCUT2D eigenvalue weighted by Crippen LogP contribution is 2.58. The maximum Gasteiger partial charge on any atom is 0.326 e. The molecule has 5 heteroatoms. The smallest absolute Gasteiger partial charge is 0.326 e. The van der Waals surface area contributed by atoms with Gasteiger partial charge >= 0.3 is 11.9 Å². The van der Waals surface area contributed by atoms with E-state index in [1.54, 1.807) is 6.92 Å². The second-order valence-electron chi connectivity index (χ2n) is 5.81. The SMILES string of the molecule is COC(=O)C1(C(=O)OC)CC2OC1(C)Cc1ccccc12. The van der Waals surface area contributed by atoms with Gasteiger partial charge in [0, 0.05) is 12.8 Å². The second kappa shape index (κ2) is 4.56. The average Bonchev–Trinajstić information content (AvgIpc) is 2.75. The first-order valence-corrected chi connectivity index (χ1v) is 6.91. The summed E-state index contributed by atoms with van der Waals surface area (Å²) in [6, 6.07) is 7.87. The maximum absolute atomic E-state index is 12.4. The average molecular weight is 290 g/mol. The van der Waals surface area contributed by atoms with Crippen LogP contribution in [0.5, 0.6) is 0 Å². The highest BCUT2D eigenvalue weighted by molar-refractivity contribution is 6.02. The third-order valence-corrected chi connectivity index (χ3v) is 4.79. The topological polar surface area (TPSA) is 61.8 Å². The molecule has 0 N–H and O–H groups in total. The first-order chi connectivity index (χ1) is 9.98. The van der Waals surface area contributed by atoms with Crippen LogP contribution in [0, 0.1) is 5.41 Å². The normalized spacial score (nSPS) is 28.6. The molecular formula is C16H18O5. The van der Waals surface area contributed by atoms with Gasteiger partial charge in [0.05, 0.1) is 25.9 Å². The van der Waals surface area contributed by atoms with Gasteiger partial charge in [-0.15, -0.1) is 0 Å². The molecule has 21 heavy (non-hydrogen) atoms. The summed E-state index contributed by atoms with van der Waals surface area (Å²) in [7, 11) is 2.57. The molecule has 0 aromatic heterocycles. The Balaban J connectivity index is 2.15. The van der Waals surface area contributed by atoms with Gasteiger partial charge in [0.2, 0.25) is 0 Å². The monoisotopic (exact) mass is 290 g/mol. The van der Waals surface area contributed by atoms with Gasteiger partial charge in [0.1, 0.15) is 0 Å². The Morgan fingerprint density at radius 2 is 1.81 bits per heavy atom. The first kappa shape index (κ1) is 14.1. The Morgan fingerprint density at radius 1 is 1.19 bits per heavy atom. The molecule has 0 amide bonds. The molecule has 2 atom stereocenters. The summed E-state index contributed by atoms with van der Waals surface area (Å²) in [5.41, 5.74) is -0.234. The minimum Gasteiger partial charge on any atom is -0.468 e. The van der Waals surface area contributed by atoms with Crippen molar-refractivity contribution >= 4 is 11.9 Å². The van der Waals surface area contributed by atoms with Crippen LogP contribution in [0.4, 0.5) is 0 Å². The van der Waals surface area contributed by atoms with Crippen LogP contribution in [0.3, 0.4) is 0 Å². The van der Waals surface area contributed by atoms with E-state index in [0.717, 1.165) is 11.1 Å². The lowest BCUT2D eigenvalue weighted by atomic mass is 9.70. The maximum atomic E-state index is 12.4. The van der Waals surface area contributed by atoms with E-state index in [4.69, 9.17) is 14.2 Å². The van der Waals surface area contributed by atoms with Gasteiger partial charge in [-0.05, 0) is 18.1 Å². The fourth-order valence-electron chi connectivity index (χ4n) is 3.72. The van der Waals surface area contributed by atoms with Crippen molar-refractivity contribution in [3.05, 3.63) is 35.4 Å². The van der Waals surface area contributed by atoms with Gasteiger partial charge < -0.3 is 14.2 Å². The molecular weight excluding hydrogens is 272 g/mol. The largest absolute Gasteiger partial charge is 0.468 e. The zero-order chi connectivity index (χ0) is 15.3. The number of benzene rings is 1. The fraction of sp³-hybridized carbons (Fsp3) is 0.500. The zero-order valence-corrected chi connectivity index (χ0v) is 12.3. The van der Waals surface area contributed by atoms with Crippen molar-refractivity contribution in [1.82, 2.24) is 0 Å². The molecule has 1 aromatic carbocycles. The summed E-state index contributed by atoms with van der Waals surface area (Å²) < 4.78 is 15.9. The number of methoxy groups -OCH3 is 2. The Morgan fingerprint density at radius 3 is 2.43 bits per heavy atom. The lowest BCUT2D eigenvalue weighted by Gasteiger charge is -2.39. The van der Waals surface area contributed by atoms with Crippen LogP contribution in [0.1, 0.15) is 30.6 Å². The Kier molecular flexibility index (Phi) is 3.06. The summed E-state index contributed by atoms with van der Waals surface area (Å²) in [6.45, 7) is 1.79. The Bertz CT molecular complexity index is 592. The number of rotatable bonds is 2. The van der Waals surface area contributed by atoms with E-state index in [0.29, 0.717) is 6.42 Å². The van der Waals surface area contributed by atoms with Gasteiger partial charge in [-0.3, -0.25) is 9.59 Å². The van der Waals surface area contributed by atoms with Gasteiger partial charge in [-0.2, -0.15) is 0 Å². The van der Waals surface area contributed by atoms with Crippen LogP contribution in [0.25, 0.3) is 0 Å². The van der Waals surface area contributed by atoms with E-state index >= 15 is 0 Å². The molecule has 3 rings (SSSR count). The molecule has 0 aliphatic carbocycles. The van der Waals surface area contributed by atoms with E-state index in [2.05, 4.69) is 0 Å². The van der Waals surface area contributed by atoms with Gasteiger partial charge in [-0.1, -0.05) is 24.3 Å². The molecule has 0 spiro atoms. The predicted molar refractivity (Wildman–Crippen MR) is 73.5 cm³/mol. The first-order valence-electron chi connectivity index (χ1n) is 6.91. The van der Waals surface area contributed by atoms with Gasteiger partial charge in [-0.25, -0.2) is 0 Å². The zero-order valence-electron chi connectivity index (χ0n) is 12.3. The van der Waals surface area contributed by atoms with Crippen LogP contribution in [0.2, 0.25) is 0 Å². The molecule has 0 radical (unpaired) electrons. The van der Waals surface area contributed by atoms with Crippen molar-refractivity contribution in [3.63, 3.8) is 0 Å². The van der Waals surface area contributed by atoms with E-state index in [-0.39, 0.29) is 12.5 Å². The molecule has 2 unspecified atom stereocenters. The molecule has 2 aliphatic rings. The summed E-state index contributed by atoms with van der Waals surface area (Å²) in [6.07, 6.45) is 0.433. The number of fused-ring (bicyclic) bond motifs is 4. The second-order valence-corrected chi connectivity index (χ2v) is 5.81. The minimum absolute atomic E-state index is 0.250. The molecule has 1 fully saturated rings. The highest BCUT2D eigenvalue weighted by atomic mass is 16.6. The molecule has 1 saturated heterocycles. The fourth-order valence-corrected chi connectivity index (χ4v) is 3.72. The lowest BCUT2D eigenvalue weighted by molar-refractivity contribution is -0.183. The van der Waals surface area contributed by atoms with Crippen LogP contribution in [0.15, 0.2) is 24.3 Å². The molecule has 1 aromatic rings. The van der Waals surface area contributed by atoms with Crippen molar-refractivity contribution in [2.45, 2.75) is 31.5 Å². The summed E-state index contributed by atoms with van der Waals surface area (Å²) >= 11 is 0. The quantitative estimate of drug-likeness (QED) is 0.614. The van der Waals surface area contributed by atoms with Crippen LogP contribution in [-0.2, 0) is 30.2 Å². The van der Waals surface area contributed by atoms with Crippen molar-refractivity contribution < 1.29 is 23.8 Å². The lowest BCUT2D eigenvalue weighted by Crippen LogP contribution is -2.55. The van der Waals surface area contributed by atoms with Gasteiger partial charge in [0.15, 0.2) is 5.41 Å². The van der Waals surface area contributed by atoms with E-state index in [1.165, 1.54) is 14.2 Å². The number of hydrogen-bond acceptors (Lipinski definition) is 5. The summed E-state index contributed by atoms with van der Waals surface area (Å²) in [4.78, 5) is 24.9. The number of carbonyl (C=O) groups is 2. The predicted octanol–water partition coefficient (Wildman–Crippen LogP) is 1.80. The van der Waals surface area contributed by atoms with Crippen molar-refractivity contribution in [2.75, 3.05) is 14.2 Å². The third kappa shape index (κ3) is 1.67. The number of carbonyl (C=O) groups excluding carboxylic acids is 2. The third-order valence-electron chi connectivity index (χ3n) is 4.79. The van der Waals surface area contributed by atoms with Crippen LogP contribution < -0.4 is 0 Å². The molecule has 112 valence electrons. The van der Waals surface area contributed by atoms with E-state index in [1.807, 2.05) is 24.3 Å². The van der Waals surface area contributed by atoms with Gasteiger partial charge in [0.25, 0.3) is 0 Å². The van der Waals surface area contributed by atoms with Crippen molar-refractivity contribution in [2.24, 2.45) is 5.41 Å². The van der Waals surface area contributed by atoms with E-state index < -0.39 is 23.0 Å². The number of ether oxygens (including phenoxy) is 3.